The molecule has 0 fully saturated rings. The minimum atomic E-state index is 0.546. The maximum atomic E-state index is 5.92. The second-order valence-electron chi connectivity index (χ2n) is 2.20. The van der Waals surface area contributed by atoms with E-state index in [1.165, 1.54) is 0 Å². The summed E-state index contributed by atoms with van der Waals surface area (Å²) in [4.78, 5) is 8.39. The molecule has 0 N–H and O–H groups in total. The number of aromatic nitrogens is 2. The fourth-order valence-corrected chi connectivity index (χ4v) is 2.22. The Kier molecular flexibility index (Phi) is 2.30. The molecule has 2 rings (SSSR count). The van der Waals surface area contributed by atoms with E-state index in [0.29, 0.717) is 10.5 Å². The van der Waals surface area contributed by atoms with Crippen molar-refractivity contribution < 1.29 is 0 Å². The summed E-state index contributed by atoms with van der Waals surface area (Å²) >= 11 is 10.8. The largest absolute Gasteiger partial charge is 0.231 e. The van der Waals surface area contributed by atoms with Gasteiger partial charge in [-0.25, -0.2) is 9.97 Å². The number of rotatable bonds is 1. The van der Waals surface area contributed by atoms with Gasteiger partial charge in [0.25, 0.3) is 0 Å². The Balaban J connectivity index is 2.75. The van der Waals surface area contributed by atoms with Gasteiger partial charge in [-0.1, -0.05) is 27.5 Å². The topological polar surface area (TPSA) is 25.8 Å². The predicted molar refractivity (Wildman–Crippen MR) is 55.1 cm³/mol. The number of halogens is 2. The molecule has 0 amide bonds. The number of hydrogen-bond acceptors (Lipinski definition) is 3. The standard InChI is InChI=1S/C7H4BrClN2S/c8-3-5-10-4-1-2-12-6(4)7(9)11-5/h1-2H,3H2. The predicted octanol–water partition coefficient (Wildman–Crippen LogP) is 3.24. The van der Waals surface area contributed by atoms with E-state index in [1.807, 2.05) is 11.4 Å². The second-order valence-corrected chi connectivity index (χ2v) is 4.03. The van der Waals surface area contributed by atoms with E-state index in [1.54, 1.807) is 11.3 Å². The number of nitrogens with zero attached hydrogens (tertiary/aromatic N) is 2. The van der Waals surface area contributed by atoms with Crippen LogP contribution in [0.3, 0.4) is 0 Å². The van der Waals surface area contributed by atoms with Crippen molar-refractivity contribution in [3.05, 3.63) is 22.4 Å². The van der Waals surface area contributed by atoms with Crippen LogP contribution in [0.25, 0.3) is 10.2 Å². The van der Waals surface area contributed by atoms with Crippen molar-refractivity contribution in [3.8, 4) is 0 Å². The first-order chi connectivity index (χ1) is 5.81. The highest BCUT2D eigenvalue weighted by molar-refractivity contribution is 9.08. The molecule has 2 nitrogen and oxygen atoms in total. The molecule has 2 aromatic heterocycles. The molecule has 0 aliphatic rings. The summed E-state index contributed by atoms with van der Waals surface area (Å²) < 4.78 is 0.960. The molecule has 0 spiro atoms. The number of hydrogen-bond donors (Lipinski definition) is 0. The van der Waals surface area contributed by atoms with Gasteiger partial charge in [-0.2, -0.15) is 0 Å². The lowest BCUT2D eigenvalue weighted by Crippen LogP contribution is -1.90. The van der Waals surface area contributed by atoms with Crippen molar-refractivity contribution in [1.29, 1.82) is 0 Å². The van der Waals surface area contributed by atoms with Gasteiger partial charge >= 0.3 is 0 Å². The van der Waals surface area contributed by atoms with Crippen LogP contribution in [0.15, 0.2) is 11.4 Å². The van der Waals surface area contributed by atoms with Crippen molar-refractivity contribution in [2.24, 2.45) is 0 Å². The molecule has 0 unspecified atom stereocenters. The Morgan fingerprint density at radius 3 is 3.08 bits per heavy atom. The van der Waals surface area contributed by atoms with Gasteiger partial charge in [0, 0.05) is 0 Å². The van der Waals surface area contributed by atoms with Crippen LogP contribution in [0.5, 0.6) is 0 Å². The lowest BCUT2D eigenvalue weighted by atomic mass is 10.5. The molecule has 12 heavy (non-hydrogen) atoms. The highest BCUT2D eigenvalue weighted by Crippen LogP contribution is 2.25. The fraction of sp³-hybridized carbons (Fsp3) is 0.143. The van der Waals surface area contributed by atoms with Gasteiger partial charge in [-0.15, -0.1) is 11.3 Å². The molecule has 0 aliphatic heterocycles. The van der Waals surface area contributed by atoms with Crippen LogP contribution in [-0.2, 0) is 5.33 Å². The third-order valence-electron chi connectivity index (χ3n) is 1.43. The third kappa shape index (κ3) is 1.34. The van der Waals surface area contributed by atoms with E-state index in [0.717, 1.165) is 16.0 Å². The van der Waals surface area contributed by atoms with Gasteiger partial charge in [-0.05, 0) is 11.4 Å². The minimum absolute atomic E-state index is 0.546. The second kappa shape index (κ2) is 3.28. The maximum absolute atomic E-state index is 5.92. The fourth-order valence-electron chi connectivity index (χ4n) is 0.933. The first-order valence-corrected chi connectivity index (χ1v) is 5.65. The van der Waals surface area contributed by atoms with Crippen LogP contribution in [0.2, 0.25) is 5.15 Å². The zero-order chi connectivity index (χ0) is 8.55. The summed E-state index contributed by atoms with van der Waals surface area (Å²) in [6, 6.07) is 1.94. The summed E-state index contributed by atoms with van der Waals surface area (Å²) in [7, 11) is 0. The third-order valence-corrected chi connectivity index (χ3v) is 3.23. The van der Waals surface area contributed by atoms with Gasteiger partial charge in [0.2, 0.25) is 0 Å². The average molecular weight is 264 g/mol. The average Bonchev–Trinajstić information content (AvgIpc) is 2.52. The molecule has 2 heterocycles. The molecule has 0 atom stereocenters. The van der Waals surface area contributed by atoms with E-state index in [2.05, 4.69) is 25.9 Å². The van der Waals surface area contributed by atoms with E-state index >= 15 is 0 Å². The van der Waals surface area contributed by atoms with Crippen LogP contribution in [-0.4, -0.2) is 9.97 Å². The molecule has 0 bridgehead atoms. The molecule has 5 heteroatoms. The molecule has 0 aliphatic carbocycles. The number of thiophene rings is 1. The van der Waals surface area contributed by atoms with Gasteiger partial charge in [0.15, 0.2) is 5.15 Å². The van der Waals surface area contributed by atoms with Gasteiger partial charge in [-0.3, -0.25) is 0 Å². The zero-order valence-electron chi connectivity index (χ0n) is 5.92. The Morgan fingerprint density at radius 1 is 1.50 bits per heavy atom. The Bertz CT molecular complexity index is 415. The maximum Gasteiger partial charge on any atom is 0.150 e. The quantitative estimate of drug-likeness (QED) is 0.583. The van der Waals surface area contributed by atoms with Gasteiger partial charge in [0.05, 0.1) is 15.5 Å². The summed E-state index contributed by atoms with van der Waals surface area (Å²) in [5, 5.41) is 3.14. The van der Waals surface area contributed by atoms with Crippen molar-refractivity contribution in [2.75, 3.05) is 0 Å². The molecule has 0 saturated heterocycles. The van der Waals surface area contributed by atoms with Crippen molar-refractivity contribution in [1.82, 2.24) is 9.97 Å². The molecule has 62 valence electrons. The van der Waals surface area contributed by atoms with E-state index < -0.39 is 0 Å². The smallest absolute Gasteiger partial charge is 0.150 e. The Morgan fingerprint density at radius 2 is 2.33 bits per heavy atom. The lowest BCUT2D eigenvalue weighted by Gasteiger charge is -1.95. The minimum Gasteiger partial charge on any atom is -0.231 e. The zero-order valence-corrected chi connectivity index (χ0v) is 9.08. The van der Waals surface area contributed by atoms with Gasteiger partial charge in [0.1, 0.15) is 5.82 Å². The molecule has 0 saturated carbocycles. The van der Waals surface area contributed by atoms with Crippen molar-refractivity contribution in [2.45, 2.75) is 5.33 Å². The Hall–Kier alpha value is -0.190. The van der Waals surface area contributed by atoms with Crippen molar-refractivity contribution >= 4 is 49.1 Å². The Labute approximate surface area is 86.7 Å². The summed E-state index contributed by atoms with van der Waals surface area (Å²) in [5.41, 5.74) is 0.925. The molecular formula is C7H4BrClN2S. The van der Waals surface area contributed by atoms with Crippen LogP contribution < -0.4 is 0 Å². The van der Waals surface area contributed by atoms with E-state index in [9.17, 15) is 0 Å². The van der Waals surface area contributed by atoms with Gasteiger partial charge < -0.3 is 0 Å². The summed E-state index contributed by atoms with van der Waals surface area (Å²) in [6.07, 6.45) is 0. The van der Waals surface area contributed by atoms with E-state index in [4.69, 9.17) is 11.6 Å². The molecule has 2 aromatic rings. The normalized spacial score (nSPS) is 10.8. The SMILES string of the molecule is Clc1nc(CBr)nc2ccsc12. The monoisotopic (exact) mass is 262 g/mol. The van der Waals surface area contributed by atoms with Crippen LogP contribution >= 0.6 is 38.9 Å². The van der Waals surface area contributed by atoms with Crippen LogP contribution in [0, 0.1) is 0 Å². The van der Waals surface area contributed by atoms with Crippen LogP contribution in [0.1, 0.15) is 5.82 Å². The van der Waals surface area contributed by atoms with Crippen LogP contribution in [0.4, 0.5) is 0 Å². The lowest BCUT2D eigenvalue weighted by molar-refractivity contribution is 1.08. The van der Waals surface area contributed by atoms with Crippen molar-refractivity contribution in [3.63, 3.8) is 0 Å². The summed E-state index contributed by atoms with van der Waals surface area (Å²) in [5.74, 6) is 0.728. The highest BCUT2D eigenvalue weighted by Gasteiger charge is 2.05. The van der Waals surface area contributed by atoms with E-state index in [-0.39, 0.29) is 0 Å². The first-order valence-electron chi connectivity index (χ1n) is 3.27. The highest BCUT2D eigenvalue weighted by atomic mass is 79.9. The summed E-state index contributed by atoms with van der Waals surface area (Å²) in [6.45, 7) is 0. The number of fused-ring (bicyclic) bond motifs is 1. The molecule has 0 aromatic carbocycles. The first kappa shape index (κ1) is 8.41. The molecule has 0 radical (unpaired) electrons. The number of alkyl halides is 1. The molecular weight excluding hydrogens is 260 g/mol.